The lowest BCUT2D eigenvalue weighted by Crippen LogP contribution is -2.14. The Morgan fingerprint density at radius 3 is 2.68 bits per heavy atom. The Labute approximate surface area is 123 Å². The summed E-state index contributed by atoms with van der Waals surface area (Å²) in [6, 6.07) is 5.53. The minimum Gasteiger partial charge on any atom is -0.409 e. The zero-order chi connectivity index (χ0) is 13.8. The first kappa shape index (κ1) is 13.8. The van der Waals surface area contributed by atoms with Gasteiger partial charge in [-0.3, -0.25) is 0 Å². The molecule has 0 aliphatic rings. The molecule has 1 heterocycles. The molecule has 0 bridgehead atoms. The summed E-state index contributed by atoms with van der Waals surface area (Å²) in [5.74, 6) is 0.0518. The lowest BCUT2D eigenvalue weighted by atomic mass is 10.2. The Kier molecular flexibility index (Phi) is 4.39. The predicted molar refractivity (Wildman–Crippen MR) is 77.5 cm³/mol. The fourth-order valence-corrected chi connectivity index (χ4v) is 2.56. The normalized spacial score (nSPS) is 11.6. The maximum Gasteiger partial charge on any atom is 0.192 e. The first-order valence-electron chi connectivity index (χ1n) is 5.34. The molecule has 0 saturated heterocycles. The molecule has 0 aliphatic carbocycles. The van der Waals surface area contributed by atoms with Crippen LogP contribution in [0.2, 0.25) is 0 Å². The van der Waals surface area contributed by atoms with E-state index in [0.29, 0.717) is 10.7 Å². The number of hydrogen-bond acceptors (Lipinski definition) is 5. The minimum absolute atomic E-state index is 0.0518. The molecule has 1 aromatic heterocycles. The standard InChI is InChI=1S/C12H11BrN4OS/c1-7-5-15-12(16-6-7)19-10-3-2-8(13)4-9(10)11(14)17-18/h2-6,18H,1H3,(H2,14,17). The molecule has 19 heavy (non-hydrogen) atoms. The van der Waals surface area contributed by atoms with Crippen LogP contribution in [0, 0.1) is 6.92 Å². The van der Waals surface area contributed by atoms with Gasteiger partial charge >= 0.3 is 0 Å². The zero-order valence-corrected chi connectivity index (χ0v) is 12.4. The zero-order valence-electron chi connectivity index (χ0n) is 10.0. The van der Waals surface area contributed by atoms with Crippen molar-refractivity contribution in [3.05, 3.63) is 46.2 Å². The van der Waals surface area contributed by atoms with Crippen LogP contribution in [0.3, 0.4) is 0 Å². The van der Waals surface area contributed by atoms with Crippen LogP contribution in [0.4, 0.5) is 0 Å². The number of oxime groups is 1. The van der Waals surface area contributed by atoms with Crippen LogP contribution in [0.1, 0.15) is 11.1 Å². The second-order valence-electron chi connectivity index (χ2n) is 3.77. The number of nitrogens with zero attached hydrogens (tertiary/aromatic N) is 3. The smallest absolute Gasteiger partial charge is 0.192 e. The molecule has 0 spiro atoms. The highest BCUT2D eigenvalue weighted by atomic mass is 79.9. The number of aromatic nitrogens is 2. The van der Waals surface area contributed by atoms with Crippen molar-refractivity contribution >= 4 is 33.5 Å². The summed E-state index contributed by atoms with van der Waals surface area (Å²) >= 11 is 4.72. The van der Waals surface area contributed by atoms with Crippen LogP contribution >= 0.6 is 27.7 Å². The lowest BCUT2D eigenvalue weighted by molar-refractivity contribution is 0.318. The van der Waals surface area contributed by atoms with Gasteiger partial charge in [0.25, 0.3) is 0 Å². The van der Waals surface area contributed by atoms with Gasteiger partial charge in [0.2, 0.25) is 0 Å². The van der Waals surface area contributed by atoms with Crippen LogP contribution in [-0.2, 0) is 0 Å². The van der Waals surface area contributed by atoms with Gasteiger partial charge in [-0.15, -0.1) is 0 Å². The fraction of sp³-hybridized carbons (Fsp3) is 0.0833. The molecule has 0 radical (unpaired) electrons. The Morgan fingerprint density at radius 1 is 1.37 bits per heavy atom. The molecule has 7 heteroatoms. The van der Waals surface area contributed by atoms with E-state index in [1.807, 2.05) is 19.1 Å². The Morgan fingerprint density at radius 2 is 2.05 bits per heavy atom. The summed E-state index contributed by atoms with van der Waals surface area (Å²) in [7, 11) is 0. The van der Waals surface area contributed by atoms with Gasteiger partial charge in [-0.25, -0.2) is 9.97 Å². The van der Waals surface area contributed by atoms with Crippen molar-refractivity contribution in [1.82, 2.24) is 9.97 Å². The van der Waals surface area contributed by atoms with E-state index >= 15 is 0 Å². The molecule has 3 N–H and O–H groups in total. The van der Waals surface area contributed by atoms with Gasteiger partial charge in [0.15, 0.2) is 11.0 Å². The quantitative estimate of drug-likeness (QED) is 0.295. The van der Waals surface area contributed by atoms with E-state index in [9.17, 15) is 0 Å². The van der Waals surface area contributed by atoms with Crippen LogP contribution in [0.5, 0.6) is 0 Å². The molecule has 2 aromatic rings. The van der Waals surface area contributed by atoms with Crippen LogP contribution in [0.15, 0.2) is 50.3 Å². The van der Waals surface area contributed by atoms with Gasteiger partial charge in [-0.05, 0) is 42.4 Å². The number of rotatable bonds is 3. The second-order valence-corrected chi connectivity index (χ2v) is 5.70. The van der Waals surface area contributed by atoms with Crippen LogP contribution < -0.4 is 5.73 Å². The topological polar surface area (TPSA) is 84.4 Å². The summed E-state index contributed by atoms with van der Waals surface area (Å²) in [5.41, 5.74) is 7.29. The van der Waals surface area contributed by atoms with E-state index in [1.165, 1.54) is 11.8 Å². The third-order valence-corrected chi connectivity index (χ3v) is 3.75. The molecule has 0 saturated carbocycles. The van der Waals surface area contributed by atoms with Crippen molar-refractivity contribution in [2.75, 3.05) is 0 Å². The number of aryl methyl sites for hydroxylation is 1. The van der Waals surface area contributed by atoms with Gasteiger partial charge in [0.05, 0.1) is 0 Å². The second kappa shape index (κ2) is 6.03. The van der Waals surface area contributed by atoms with Crippen molar-refractivity contribution in [3.8, 4) is 0 Å². The fourth-order valence-electron chi connectivity index (χ4n) is 1.38. The Bertz CT molecular complexity index is 616. The van der Waals surface area contributed by atoms with Gasteiger partial charge in [0.1, 0.15) is 0 Å². The molecule has 0 fully saturated rings. The number of amidine groups is 1. The van der Waals surface area contributed by atoms with Crippen LogP contribution in [-0.4, -0.2) is 21.0 Å². The monoisotopic (exact) mass is 338 g/mol. The van der Waals surface area contributed by atoms with Gasteiger partial charge in [-0.2, -0.15) is 0 Å². The van der Waals surface area contributed by atoms with Crippen LogP contribution in [0.25, 0.3) is 0 Å². The molecule has 5 nitrogen and oxygen atoms in total. The molecule has 0 unspecified atom stereocenters. The molecule has 1 aromatic carbocycles. The maximum atomic E-state index is 8.81. The van der Waals surface area contributed by atoms with E-state index < -0.39 is 0 Å². The Hall–Kier alpha value is -1.60. The average Bonchev–Trinajstić information content (AvgIpc) is 2.42. The van der Waals surface area contributed by atoms with Crippen molar-refractivity contribution in [3.63, 3.8) is 0 Å². The highest BCUT2D eigenvalue weighted by molar-refractivity contribution is 9.10. The first-order chi connectivity index (χ1) is 9.10. The van der Waals surface area contributed by atoms with Gasteiger partial charge in [0, 0.05) is 27.3 Å². The van der Waals surface area contributed by atoms with E-state index in [-0.39, 0.29) is 5.84 Å². The number of hydrogen-bond donors (Lipinski definition) is 2. The van der Waals surface area contributed by atoms with E-state index in [0.717, 1.165) is 14.9 Å². The van der Waals surface area contributed by atoms with Crippen molar-refractivity contribution in [1.29, 1.82) is 0 Å². The van der Waals surface area contributed by atoms with Gasteiger partial charge in [-0.1, -0.05) is 21.1 Å². The summed E-state index contributed by atoms with van der Waals surface area (Å²) in [4.78, 5) is 9.26. The number of benzene rings is 1. The van der Waals surface area contributed by atoms with E-state index in [2.05, 4.69) is 31.1 Å². The van der Waals surface area contributed by atoms with Crippen molar-refractivity contribution in [2.45, 2.75) is 17.0 Å². The Balaban J connectivity index is 2.37. The predicted octanol–water partition coefficient (Wildman–Crippen LogP) is 2.79. The maximum absolute atomic E-state index is 8.81. The summed E-state index contributed by atoms with van der Waals surface area (Å²) < 4.78 is 0.850. The molecule has 0 aliphatic heterocycles. The first-order valence-corrected chi connectivity index (χ1v) is 6.95. The number of halogens is 1. The lowest BCUT2D eigenvalue weighted by Gasteiger charge is -2.07. The van der Waals surface area contributed by atoms with Crippen molar-refractivity contribution < 1.29 is 5.21 Å². The SMILES string of the molecule is Cc1cnc(Sc2ccc(Br)cc2/C(N)=N/O)nc1. The molecule has 2 rings (SSSR count). The van der Waals surface area contributed by atoms with E-state index in [4.69, 9.17) is 10.9 Å². The highest BCUT2D eigenvalue weighted by Crippen LogP contribution is 2.29. The summed E-state index contributed by atoms with van der Waals surface area (Å²) in [6.45, 7) is 1.93. The average molecular weight is 339 g/mol. The molecule has 98 valence electrons. The number of nitrogens with two attached hydrogens (primary N) is 1. The molecular formula is C12H11BrN4OS. The van der Waals surface area contributed by atoms with Crippen molar-refractivity contribution in [2.24, 2.45) is 10.9 Å². The molecule has 0 amide bonds. The molecule has 0 atom stereocenters. The largest absolute Gasteiger partial charge is 0.409 e. The third kappa shape index (κ3) is 3.45. The van der Waals surface area contributed by atoms with Gasteiger partial charge < -0.3 is 10.9 Å². The highest BCUT2D eigenvalue weighted by Gasteiger charge is 2.10. The van der Waals surface area contributed by atoms with E-state index in [1.54, 1.807) is 18.5 Å². The molecular weight excluding hydrogens is 328 g/mol. The summed E-state index contributed by atoms with van der Waals surface area (Å²) in [5, 5.41) is 12.5. The summed E-state index contributed by atoms with van der Waals surface area (Å²) in [6.07, 6.45) is 3.49. The minimum atomic E-state index is 0.0518. The third-order valence-electron chi connectivity index (χ3n) is 2.28.